The minimum absolute atomic E-state index is 0.158. The Kier molecular flexibility index (Phi) is 5.33. The monoisotopic (exact) mass is 338 g/mol. The van der Waals surface area contributed by atoms with Crippen molar-refractivity contribution < 1.29 is 14.3 Å². The van der Waals surface area contributed by atoms with Gasteiger partial charge < -0.3 is 15.4 Å². The number of carbonyl (C=O) groups excluding carboxylic acids is 2. The molecule has 0 unspecified atom stereocenters. The van der Waals surface area contributed by atoms with E-state index in [0.717, 1.165) is 19.3 Å². The van der Waals surface area contributed by atoms with Crippen LogP contribution in [0.4, 0.5) is 5.69 Å². The highest BCUT2D eigenvalue weighted by molar-refractivity contribution is 5.93. The molecule has 0 saturated carbocycles. The molecule has 2 N–H and O–H groups in total. The number of nitrogen functional groups attached to an aromatic ring is 1. The van der Waals surface area contributed by atoms with Crippen LogP contribution in [0, 0.1) is 0 Å². The van der Waals surface area contributed by atoms with Crippen LogP contribution in [0.5, 0.6) is 0 Å². The standard InChI is InChI=1S/C20H22N2O3/c21-17-11-9-16(10-12-17)20(24)25-18(15-7-3-1-4-8-15)19(23)22-13-5-2-6-14-22/h1,3-4,7-12,18H,2,5-6,13-14,21H2/t18-/m0/s1. The number of likely N-dealkylation sites (tertiary alicyclic amines) is 1. The number of hydrogen-bond donors (Lipinski definition) is 1. The van der Waals surface area contributed by atoms with Gasteiger partial charge in [0.1, 0.15) is 0 Å². The average Bonchev–Trinajstić information content (AvgIpc) is 2.67. The third kappa shape index (κ3) is 4.18. The van der Waals surface area contributed by atoms with E-state index in [9.17, 15) is 9.59 Å². The van der Waals surface area contributed by atoms with Crippen LogP contribution in [-0.4, -0.2) is 29.9 Å². The summed E-state index contributed by atoms with van der Waals surface area (Å²) in [6, 6.07) is 15.6. The van der Waals surface area contributed by atoms with Gasteiger partial charge in [0.2, 0.25) is 6.10 Å². The fourth-order valence-electron chi connectivity index (χ4n) is 2.96. The van der Waals surface area contributed by atoms with E-state index >= 15 is 0 Å². The number of anilines is 1. The number of esters is 1. The molecule has 25 heavy (non-hydrogen) atoms. The second-order valence-corrected chi connectivity index (χ2v) is 6.20. The molecule has 5 heteroatoms. The van der Waals surface area contributed by atoms with Crippen molar-refractivity contribution in [2.45, 2.75) is 25.4 Å². The summed E-state index contributed by atoms with van der Waals surface area (Å²) in [6.45, 7) is 1.42. The lowest BCUT2D eigenvalue weighted by molar-refractivity contribution is -0.142. The van der Waals surface area contributed by atoms with Gasteiger partial charge in [0.25, 0.3) is 5.91 Å². The summed E-state index contributed by atoms with van der Waals surface area (Å²) in [6.07, 6.45) is 2.17. The molecular formula is C20H22N2O3. The number of benzene rings is 2. The van der Waals surface area contributed by atoms with Gasteiger partial charge in [0.15, 0.2) is 0 Å². The number of hydrogen-bond acceptors (Lipinski definition) is 4. The number of nitrogens with zero attached hydrogens (tertiary/aromatic N) is 1. The molecule has 1 aliphatic heterocycles. The van der Waals surface area contributed by atoms with E-state index < -0.39 is 12.1 Å². The Morgan fingerprint density at radius 3 is 2.20 bits per heavy atom. The van der Waals surface area contributed by atoms with Crippen molar-refractivity contribution in [1.82, 2.24) is 4.90 Å². The fourth-order valence-corrected chi connectivity index (χ4v) is 2.96. The van der Waals surface area contributed by atoms with Crippen molar-refractivity contribution in [2.24, 2.45) is 0 Å². The first-order chi connectivity index (χ1) is 12.1. The van der Waals surface area contributed by atoms with E-state index in [1.165, 1.54) is 0 Å². The van der Waals surface area contributed by atoms with Crippen LogP contribution in [-0.2, 0) is 9.53 Å². The van der Waals surface area contributed by atoms with E-state index in [2.05, 4.69) is 0 Å². The summed E-state index contributed by atoms with van der Waals surface area (Å²) in [5.41, 5.74) is 7.28. The van der Waals surface area contributed by atoms with E-state index in [-0.39, 0.29) is 5.91 Å². The first kappa shape index (κ1) is 17.0. The number of rotatable bonds is 4. The predicted molar refractivity (Wildman–Crippen MR) is 95.9 cm³/mol. The molecular weight excluding hydrogens is 316 g/mol. The quantitative estimate of drug-likeness (QED) is 0.686. The molecule has 0 spiro atoms. The van der Waals surface area contributed by atoms with Gasteiger partial charge in [-0.25, -0.2) is 4.79 Å². The second kappa shape index (κ2) is 7.83. The molecule has 3 rings (SSSR count). The Balaban J connectivity index is 1.82. The van der Waals surface area contributed by atoms with Gasteiger partial charge in [-0.2, -0.15) is 0 Å². The molecule has 0 aliphatic carbocycles. The van der Waals surface area contributed by atoms with Crippen LogP contribution < -0.4 is 5.73 Å². The summed E-state index contributed by atoms with van der Waals surface area (Å²) in [7, 11) is 0. The molecule has 1 amide bonds. The third-order valence-electron chi connectivity index (χ3n) is 4.37. The van der Waals surface area contributed by atoms with E-state index in [4.69, 9.17) is 10.5 Å². The van der Waals surface area contributed by atoms with Crippen LogP contribution in [0.2, 0.25) is 0 Å². The molecule has 1 heterocycles. The fraction of sp³-hybridized carbons (Fsp3) is 0.300. The smallest absolute Gasteiger partial charge is 0.339 e. The minimum Gasteiger partial charge on any atom is -0.444 e. The highest BCUT2D eigenvalue weighted by atomic mass is 16.5. The maximum atomic E-state index is 12.9. The van der Waals surface area contributed by atoms with Gasteiger partial charge in [0, 0.05) is 24.3 Å². The van der Waals surface area contributed by atoms with Gasteiger partial charge in [0.05, 0.1) is 5.56 Å². The summed E-state index contributed by atoms with van der Waals surface area (Å²) < 4.78 is 5.61. The number of ether oxygens (including phenoxy) is 1. The Morgan fingerprint density at radius 1 is 0.920 bits per heavy atom. The lowest BCUT2D eigenvalue weighted by atomic mass is 10.1. The predicted octanol–water partition coefficient (Wildman–Crippen LogP) is 3.18. The molecule has 0 aromatic heterocycles. The Morgan fingerprint density at radius 2 is 1.56 bits per heavy atom. The zero-order valence-electron chi connectivity index (χ0n) is 14.1. The van der Waals surface area contributed by atoms with Gasteiger partial charge >= 0.3 is 5.97 Å². The Bertz CT molecular complexity index is 722. The minimum atomic E-state index is -0.927. The van der Waals surface area contributed by atoms with Crippen molar-refractivity contribution in [2.75, 3.05) is 18.8 Å². The van der Waals surface area contributed by atoms with E-state index in [0.29, 0.717) is 29.9 Å². The first-order valence-corrected chi connectivity index (χ1v) is 8.55. The zero-order valence-corrected chi connectivity index (χ0v) is 14.1. The van der Waals surface area contributed by atoms with Crippen LogP contribution in [0.3, 0.4) is 0 Å². The third-order valence-corrected chi connectivity index (χ3v) is 4.37. The van der Waals surface area contributed by atoms with Crippen LogP contribution >= 0.6 is 0 Å². The van der Waals surface area contributed by atoms with Gasteiger partial charge in [-0.15, -0.1) is 0 Å². The summed E-state index contributed by atoms with van der Waals surface area (Å²) >= 11 is 0. The molecule has 1 fully saturated rings. The molecule has 5 nitrogen and oxygen atoms in total. The molecule has 2 aromatic rings. The lowest BCUT2D eigenvalue weighted by Crippen LogP contribution is -2.40. The van der Waals surface area contributed by atoms with E-state index in [1.54, 1.807) is 29.2 Å². The van der Waals surface area contributed by atoms with E-state index in [1.807, 2.05) is 30.3 Å². The number of amides is 1. The molecule has 1 aliphatic rings. The summed E-state index contributed by atoms with van der Waals surface area (Å²) in [4.78, 5) is 27.2. The maximum absolute atomic E-state index is 12.9. The Hall–Kier alpha value is -2.82. The summed E-state index contributed by atoms with van der Waals surface area (Å²) in [5, 5.41) is 0. The largest absolute Gasteiger partial charge is 0.444 e. The normalized spacial score (nSPS) is 15.4. The lowest BCUT2D eigenvalue weighted by Gasteiger charge is -2.30. The topological polar surface area (TPSA) is 72.6 Å². The number of piperidine rings is 1. The average molecular weight is 338 g/mol. The summed E-state index contributed by atoms with van der Waals surface area (Å²) in [5.74, 6) is -0.686. The highest BCUT2D eigenvalue weighted by Gasteiger charge is 2.30. The van der Waals surface area contributed by atoms with Crippen molar-refractivity contribution in [3.63, 3.8) is 0 Å². The van der Waals surface area contributed by atoms with Gasteiger partial charge in [-0.1, -0.05) is 30.3 Å². The molecule has 130 valence electrons. The Labute approximate surface area is 147 Å². The van der Waals surface area contributed by atoms with Crippen molar-refractivity contribution in [1.29, 1.82) is 0 Å². The molecule has 1 atom stereocenters. The van der Waals surface area contributed by atoms with Gasteiger partial charge in [-0.3, -0.25) is 4.79 Å². The second-order valence-electron chi connectivity index (χ2n) is 6.20. The van der Waals surface area contributed by atoms with Gasteiger partial charge in [-0.05, 0) is 43.5 Å². The number of nitrogens with two attached hydrogens (primary N) is 1. The highest BCUT2D eigenvalue weighted by Crippen LogP contribution is 2.24. The first-order valence-electron chi connectivity index (χ1n) is 8.55. The van der Waals surface area contributed by atoms with Crippen LogP contribution in [0.25, 0.3) is 0 Å². The maximum Gasteiger partial charge on any atom is 0.339 e. The van der Waals surface area contributed by atoms with Crippen LogP contribution in [0.1, 0.15) is 41.3 Å². The van der Waals surface area contributed by atoms with Crippen molar-refractivity contribution in [3.8, 4) is 0 Å². The molecule has 0 radical (unpaired) electrons. The molecule has 1 saturated heterocycles. The SMILES string of the molecule is Nc1ccc(C(=O)O[C@H](C(=O)N2CCCCC2)c2ccccc2)cc1. The molecule has 2 aromatic carbocycles. The van der Waals surface area contributed by atoms with Crippen molar-refractivity contribution in [3.05, 3.63) is 65.7 Å². The molecule has 0 bridgehead atoms. The van der Waals surface area contributed by atoms with Crippen molar-refractivity contribution >= 4 is 17.6 Å². The zero-order chi connectivity index (χ0) is 17.6. The van der Waals surface area contributed by atoms with Crippen LogP contribution in [0.15, 0.2) is 54.6 Å². The number of carbonyl (C=O) groups is 2.